The number of nitrogens with one attached hydrogen (secondary N) is 1. The fourth-order valence-electron chi connectivity index (χ4n) is 1.21. The van der Waals surface area contributed by atoms with Gasteiger partial charge in [0, 0.05) is 19.2 Å². The molecule has 0 aliphatic carbocycles. The van der Waals surface area contributed by atoms with Crippen molar-refractivity contribution in [2.75, 3.05) is 25.6 Å². The van der Waals surface area contributed by atoms with Crippen molar-refractivity contribution in [1.29, 1.82) is 5.26 Å². The minimum Gasteiger partial charge on any atom is -0.495 e. The van der Waals surface area contributed by atoms with Gasteiger partial charge in [-0.2, -0.15) is 5.26 Å². The molecule has 15 heavy (non-hydrogen) atoms. The van der Waals surface area contributed by atoms with Crippen LogP contribution < -0.4 is 10.1 Å². The summed E-state index contributed by atoms with van der Waals surface area (Å²) in [4.78, 5) is 0. The lowest BCUT2D eigenvalue weighted by Gasteiger charge is -2.10. The molecule has 0 radical (unpaired) electrons. The second-order valence-corrected chi connectivity index (χ2v) is 3.03. The fourth-order valence-corrected chi connectivity index (χ4v) is 1.21. The second-order valence-electron chi connectivity index (χ2n) is 3.03. The number of nitrogens with zero attached hydrogens (tertiary/aromatic N) is 1. The van der Waals surface area contributed by atoms with Crippen LogP contribution in [0.1, 0.15) is 12.0 Å². The van der Waals surface area contributed by atoms with Crippen molar-refractivity contribution in [1.82, 2.24) is 0 Å². The smallest absolute Gasteiger partial charge is 0.143 e. The highest BCUT2D eigenvalue weighted by molar-refractivity contribution is 5.59. The Morgan fingerprint density at radius 2 is 2.33 bits per heavy atom. The number of methoxy groups -OCH3 is 1. The van der Waals surface area contributed by atoms with Gasteiger partial charge in [0.05, 0.1) is 24.4 Å². The maximum atomic E-state index is 8.70. The third-order valence-electron chi connectivity index (χ3n) is 1.98. The molecule has 0 atom stereocenters. The summed E-state index contributed by atoms with van der Waals surface area (Å²) in [6.07, 6.45) is 0.684. The molecule has 0 unspecified atom stereocenters. The maximum absolute atomic E-state index is 8.70. The lowest BCUT2D eigenvalue weighted by Crippen LogP contribution is -2.04. The Bertz CT molecular complexity index is 358. The monoisotopic (exact) mass is 206 g/mol. The van der Waals surface area contributed by atoms with E-state index >= 15 is 0 Å². The maximum Gasteiger partial charge on any atom is 0.143 e. The zero-order valence-electron chi connectivity index (χ0n) is 8.66. The van der Waals surface area contributed by atoms with E-state index < -0.39 is 0 Å². The Kier molecular flexibility index (Phi) is 4.45. The molecule has 0 aromatic heterocycles. The van der Waals surface area contributed by atoms with E-state index in [0.717, 1.165) is 5.69 Å². The van der Waals surface area contributed by atoms with Crippen LogP contribution in [-0.2, 0) is 0 Å². The van der Waals surface area contributed by atoms with Crippen LogP contribution in [0.4, 0.5) is 5.69 Å². The van der Waals surface area contributed by atoms with Crippen LogP contribution in [0.3, 0.4) is 0 Å². The molecular weight excluding hydrogens is 192 g/mol. The number of benzene rings is 1. The molecule has 0 spiro atoms. The Hall–Kier alpha value is -1.73. The standard InChI is InChI=1S/C11H14N2O2/c1-15-11-7-9(8-12)3-4-10(11)13-5-2-6-14/h3-4,7,13-14H,2,5-6H2,1H3. The topological polar surface area (TPSA) is 65.3 Å². The van der Waals surface area contributed by atoms with Crippen molar-refractivity contribution >= 4 is 5.69 Å². The zero-order valence-corrected chi connectivity index (χ0v) is 8.66. The highest BCUT2D eigenvalue weighted by atomic mass is 16.5. The van der Waals surface area contributed by atoms with E-state index in [-0.39, 0.29) is 6.61 Å². The highest BCUT2D eigenvalue weighted by Crippen LogP contribution is 2.24. The first-order valence-electron chi connectivity index (χ1n) is 4.74. The summed E-state index contributed by atoms with van der Waals surface area (Å²) < 4.78 is 5.14. The van der Waals surface area contributed by atoms with Gasteiger partial charge in [-0.3, -0.25) is 0 Å². The Balaban J connectivity index is 2.75. The third kappa shape index (κ3) is 3.15. The molecule has 0 saturated carbocycles. The number of hydrogen-bond acceptors (Lipinski definition) is 4. The summed E-state index contributed by atoms with van der Waals surface area (Å²) in [6, 6.07) is 7.26. The minimum absolute atomic E-state index is 0.158. The number of aliphatic hydroxyl groups is 1. The van der Waals surface area contributed by atoms with Gasteiger partial charge in [0.25, 0.3) is 0 Å². The van der Waals surface area contributed by atoms with E-state index in [1.807, 2.05) is 6.07 Å². The van der Waals surface area contributed by atoms with E-state index in [4.69, 9.17) is 15.1 Å². The molecule has 0 amide bonds. The lowest BCUT2D eigenvalue weighted by molar-refractivity contribution is 0.292. The molecule has 4 nitrogen and oxygen atoms in total. The lowest BCUT2D eigenvalue weighted by atomic mass is 10.2. The van der Waals surface area contributed by atoms with Crippen LogP contribution >= 0.6 is 0 Å². The van der Waals surface area contributed by atoms with E-state index in [2.05, 4.69) is 5.32 Å². The van der Waals surface area contributed by atoms with Crippen LogP contribution in [-0.4, -0.2) is 25.4 Å². The van der Waals surface area contributed by atoms with Crippen LogP contribution in [0, 0.1) is 11.3 Å². The molecule has 0 bridgehead atoms. The predicted octanol–water partition coefficient (Wildman–Crippen LogP) is 1.36. The van der Waals surface area contributed by atoms with Gasteiger partial charge in [0.15, 0.2) is 0 Å². The van der Waals surface area contributed by atoms with E-state index in [1.54, 1.807) is 25.3 Å². The van der Waals surface area contributed by atoms with Gasteiger partial charge in [0.2, 0.25) is 0 Å². The summed E-state index contributed by atoms with van der Waals surface area (Å²) in [6.45, 7) is 0.838. The van der Waals surface area contributed by atoms with Crippen molar-refractivity contribution in [3.8, 4) is 11.8 Å². The number of nitriles is 1. The van der Waals surface area contributed by atoms with Gasteiger partial charge < -0.3 is 15.2 Å². The molecule has 1 aromatic carbocycles. The molecule has 1 rings (SSSR count). The van der Waals surface area contributed by atoms with Crippen molar-refractivity contribution in [3.63, 3.8) is 0 Å². The first-order valence-corrected chi connectivity index (χ1v) is 4.74. The summed E-state index contributed by atoms with van der Waals surface area (Å²) in [5, 5.41) is 20.5. The van der Waals surface area contributed by atoms with Crippen molar-refractivity contribution < 1.29 is 9.84 Å². The van der Waals surface area contributed by atoms with E-state index in [1.165, 1.54) is 0 Å². The summed E-state index contributed by atoms with van der Waals surface area (Å²) in [5.41, 5.74) is 1.41. The van der Waals surface area contributed by atoms with Gasteiger partial charge in [-0.1, -0.05) is 0 Å². The summed E-state index contributed by atoms with van der Waals surface area (Å²) >= 11 is 0. The molecule has 1 aromatic rings. The van der Waals surface area contributed by atoms with Gasteiger partial charge in [-0.25, -0.2) is 0 Å². The van der Waals surface area contributed by atoms with Crippen LogP contribution in [0.5, 0.6) is 5.75 Å². The van der Waals surface area contributed by atoms with Gasteiger partial charge in [0.1, 0.15) is 5.75 Å². The first-order chi connectivity index (χ1) is 7.31. The van der Waals surface area contributed by atoms with Crippen molar-refractivity contribution in [2.24, 2.45) is 0 Å². The predicted molar refractivity (Wildman–Crippen MR) is 57.9 cm³/mol. The molecule has 0 fully saturated rings. The number of aliphatic hydroxyl groups excluding tert-OH is 1. The van der Waals surface area contributed by atoms with Gasteiger partial charge >= 0.3 is 0 Å². The van der Waals surface area contributed by atoms with E-state index in [9.17, 15) is 0 Å². The molecule has 0 aliphatic rings. The molecular formula is C11H14N2O2. The quantitative estimate of drug-likeness (QED) is 0.714. The number of hydrogen-bond donors (Lipinski definition) is 2. The van der Waals surface area contributed by atoms with E-state index in [0.29, 0.717) is 24.3 Å². The number of anilines is 1. The SMILES string of the molecule is COc1cc(C#N)ccc1NCCCO. The van der Waals surface area contributed by atoms with Gasteiger partial charge in [-0.05, 0) is 18.6 Å². The normalized spacial score (nSPS) is 9.40. The minimum atomic E-state index is 0.158. The van der Waals surface area contributed by atoms with Gasteiger partial charge in [-0.15, -0.1) is 0 Å². The molecule has 80 valence electrons. The summed E-state index contributed by atoms with van der Waals surface area (Å²) in [5.74, 6) is 0.645. The Morgan fingerprint density at radius 3 is 2.93 bits per heavy atom. The molecule has 0 saturated heterocycles. The molecule has 0 aliphatic heterocycles. The second kappa shape index (κ2) is 5.89. The van der Waals surface area contributed by atoms with Crippen LogP contribution in [0.25, 0.3) is 0 Å². The van der Waals surface area contributed by atoms with Crippen LogP contribution in [0.15, 0.2) is 18.2 Å². The molecule has 4 heteroatoms. The zero-order chi connectivity index (χ0) is 11.1. The van der Waals surface area contributed by atoms with Crippen molar-refractivity contribution in [3.05, 3.63) is 23.8 Å². The molecule has 0 heterocycles. The Labute approximate surface area is 89.1 Å². The average Bonchev–Trinajstić information content (AvgIpc) is 2.29. The van der Waals surface area contributed by atoms with Crippen molar-refractivity contribution in [2.45, 2.75) is 6.42 Å². The first kappa shape index (κ1) is 11.3. The number of rotatable bonds is 5. The summed E-state index contributed by atoms with van der Waals surface area (Å²) in [7, 11) is 1.56. The Morgan fingerprint density at radius 1 is 1.53 bits per heavy atom. The van der Waals surface area contributed by atoms with Crippen LogP contribution in [0.2, 0.25) is 0 Å². The fraction of sp³-hybridized carbons (Fsp3) is 0.364. The largest absolute Gasteiger partial charge is 0.495 e. The highest BCUT2D eigenvalue weighted by Gasteiger charge is 2.03. The third-order valence-corrected chi connectivity index (χ3v) is 1.98. The number of ether oxygens (including phenoxy) is 1. The average molecular weight is 206 g/mol. The molecule has 2 N–H and O–H groups in total.